The van der Waals surface area contributed by atoms with Crippen molar-refractivity contribution in [3.05, 3.63) is 107 Å². The molecule has 7 N–H and O–H groups in total. The average Bonchev–Trinajstić information content (AvgIpc) is 3.46. The molecule has 2 aromatic carbocycles. The number of allylic oxidation sites excluding steroid dienone is 2. The van der Waals surface area contributed by atoms with E-state index in [0.29, 0.717) is 54.4 Å². The number of nitrogens with two attached hydrogens (primary N) is 3. The van der Waals surface area contributed by atoms with Gasteiger partial charge in [0.15, 0.2) is 5.82 Å². The second-order valence-corrected chi connectivity index (χ2v) is 9.40. The number of nitrogens with one attached hydrogen (secondary N) is 1. The molecule has 0 bridgehead atoms. The van der Waals surface area contributed by atoms with Gasteiger partial charge in [-0.2, -0.15) is 0 Å². The Morgan fingerprint density at radius 1 is 1.05 bits per heavy atom. The molecule has 1 unspecified atom stereocenters. The number of aromatic nitrogens is 2. The van der Waals surface area contributed by atoms with E-state index in [1.165, 1.54) is 18.2 Å². The third-order valence-electron chi connectivity index (χ3n) is 6.75. The van der Waals surface area contributed by atoms with E-state index in [4.69, 9.17) is 16.2 Å². The molecule has 1 saturated heterocycles. The van der Waals surface area contributed by atoms with E-state index < -0.39 is 0 Å². The molecule has 4 rings (SSSR count). The van der Waals surface area contributed by atoms with E-state index in [1.807, 2.05) is 18.2 Å². The van der Waals surface area contributed by atoms with Crippen LogP contribution in [0.25, 0.3) is 11.4 Å². The molecule has 3 aromatic rings. The molecule has 1 aromatic heterocycles. The van der Waals surface area contributed by atoms with Crippen molar-refractivity contribution in [1.29, 1.82) is 0 Å². The van der Waals surface area contributed by atoms with Crippen molar-refractivity contribution in [3.8, 4) is 0 Å². The third kappa shape index (κ3) is 8.58. The molecular formula is C31H40N6O2. The zero-order valence-electron chi connectivity index (χ0n) is 22.8. The van der Waals surface area contributed by atoms with Crippen molar-refractivity contribution in [2.24, 2.45) is 17.2 Å². The first-order valence-electron chi connectivity index (χ1n) is 13.3. The van der Waals surface area contributed by atoms with Gasteiger partial charge < -0.3 is 27.3 Å². The van der Waals surface area contributed by atoms with Crippen LogP contribution in [0, 0.1) is 6.92 Å². The highest BCUT2D eigenvalue weighted by atomic mass is 16.5. The second-order valence-electron chi connectivity index (χ2n) is 9.40. The summed E-state index contributed by atoms with van der Waals surface area (Å²) in [6.45, 7) is 4.39. The van der Waals surface area contributed by atoms with Crippen LogP contribution in [0.1, 0.15) is 58.1 Å². The number of benzene rings is 2. The molecule has 1 aliphatic rings. The number of aldehydes is 1. The average molecular weight is 529 g/mol. The summed E-state index contributed by atoms with van der Waals surface area (Å²) in [6.07, 6.45) is 8.57. The van der Waals surface area contributed by atoms with Crippen molar-refractivity contribution >= 4 is 17.7 Å². The lowest BCUT2D eigenvalue weighted by molar-refractivity contribution is 0.110. The Morgan fingerprint density at radius 2 is 1.74 bits per heavy atom. The number of nitrogens with zero attached hydrogens (tertiary/aromatic N) is 2. The predicted octanol–water partition coefficient (Wildman–Crippen LogP) is 3.78. The Balaban J connectivity index is 0.00000205. The Morgan fingerprint density at radius 3 is 2.41 bits per heavy atom. The standard InChI is InChI=1S/C30H35N5O2.CH5N/c1-21-5-9-23(10-6-21)26-13-16-33-28(26)20-37-17-2-4-25(29(32)30-34-14-3-15-35-30)18-27(31)24-11-7-22(19-36)8-12-24;1-2/h3,5-12,14-15,18-19,26,28,33H,2,4,13,16-17,20,31-32H2,1H3;2H2,1H3/b27-18-,29-25-;/t26-,28?;/m1./s1. The molecule has 39 heavy (non-hydrogen) atoms. The van der Waals surface area contributed by atoms with Gasteiger partial charge in [-0.3, -0.25) is 4.79 Å². The van der Waals surface area contributed by atoms with E-state index in [1.54, 1.807) is 30.6 Å². The number of ether oxygens (including phenoxy) is 1. The van der Waals surface area contributed by atoms with Crippen molar-refractivity contribution in [3.63, 3.8) is 0 Å². The molecule has 2 heterocycles. The number of aryl methyl sites for hydroxylation is 1. The van der Waals surface area contributed by atoms with Gasteiger partial charge in [-0.25, -0.2) is 9.97 Å². The number of rotatable bonds is 11. The van der Waals surface area contributed by atoms with Gasteiger partial charge in [0.2, 0.25) is 0 Å². The summed E-state index contributed by atoms with van der Waals surface area (Å²) in [5.41, 5.74) is 23.3. The second kappa shape index (κ2) is 15.5. The van der Waals surface area contributed by atoms with Gasteiger partial charge in [-0.1, -0.05) is 54.1 Å². The molecule has 0 spiro atoms. The van der Waals surface area contributed by atoms with Crippen LogP contribution >= 0.6 is 0 Å². The molecular weight excluding hydrogens is 488 g/mol. The summed E-state index contributed by atoms with van der Waals surface area (Å²) in [5.74, 6) is 0.935. The number of carbonyl (C=O) groups excluding carboxylic acids is 1. The minimum absolute atomic E-state index is 0.311. The maximum absolute atomic E-state index is 11.0. The first-order chi connectivity index (χ1) is 19.0. The van der Waals surface area contributed by atoms with Crippen LogP contribution in [0.4, 0.5) is 0 Å². The molecule has 0 aliphatic carbocycles. The highest BCUT2D eigenvalue weighted by molar-refractivity contribution is 5.77. The summed E-state index contributed by atoms with van der Waals surface area (Å²) in [6, 6.07) is 18.0. The van der Waals surface area contributed by atoms with Crippen LogP contribution in [0.15, 0.2) is 78.6 Å². The normalized spacial score (nSPS) is 17.7. The van der Waals surface area contributed by atoms with Crippen LogP contribution in [0.5, 0.6) is 0 Å². The van der Waals surface area contributed by atoms with Gasteiger partial charge >= 0.3 is 0 Å². The molecule has 1 aliphatic heterocycles. The minimum atomic E-state index is 0.311. The highest BCUT2D eigenvalue weighted by Gasteiger charge is 2.28. The lowest BCUT2D eigenvalue weighted by Gasteiger charge is -2.20. The van der Waals surface area contributed by atoms with Crippen LogP contribution in [0.3, 0.4) is 0 Å². The lowest BCUT2D eigenvalue weighted by atomic mass is 9.92. The Kier molecular flexibility index (Phi) is 11.8. The van der Waals surface area contributed by atoms with Crippen LogP contribution in [0.2, 0.25) is 0 Å². The molecule has 206 valence electrons. The Hall–Kier alpha value is -3.85. The molecule has 2 atom stereocenters. The number of carbonyl (C=O) groups is 1. The first kappa shape index (κ1) is 29.7. The summed E-state index contributed by atoms with van der Waals surface area (Å²) in [7, 11) is 1.50. The Labute approximate surface area is 231 Å². The van der Waals surface area contributed by atoms with Crippen LogP contribution in [-0.4, -0.2) is 49.1 Å². The minimum Gasteiger partial charge on any atom is -0.398 e. The van der Waals surface area contributed by atoms with Crippen molar-refractivity contribution in [2.45, 2.75) is 38.1 Å². The van der Waals surface area contributed by atoms with E-state index in [0.717, 1.165) is 36.8 Å². The monoisotopic (exact) mass is 528 g/mol. The molecule has 0 radical (unpaired) electrons. The lowest BCUT2D eigenvalue weighted by Crippen LogP contribution is -2.31. The fourth-order valence-corrected chi connectivity index (χ4v) is 4.62. The number of hydrogen-bond donors (Lipinski definition) is 4. The van der Waals surface area contributed by atoms with E-state index in [2.05, 4.69) is 52.2 Å². The fourth-order valence-electron chi connectivity index (χ4n) is 4.62. The Bertz CT molecular complexity index is 1220. The van der Waals surface area contributed by atoms with E-state index >= 15 is 0 Å². The first-order valence-corrected chi connectivity index (χ1v) is 13.3. The SMILES string of the molecule is CN.Cc1ccc([C@H]2CCNC2COCCCC(/C=C(\N)c2ccc(C=O)cc2)=C(/N)c2ncccn2)cc1. The van der Waals surface area contributed by atoms with Gasteiger partial charge in [0.25, 0.3) is 0 Å². The van der Waals surface area contributed by atoms with Crippen molar-refractivity contribution in [1.82, 2.24) is 15.3 Å². The van der Waals surface area contributed by atoms with Gasteiger partial charge in [-0.15, -0.1) is 0 Å². The quantitative estimate of drug-likeness (QED) is 0.167. The largest absolute Gasteiger partial charge is 0.398 e. The maximum atomic E-state index is 11.0. The zero-order valence-corrected chi connectivity index (χ0v) is 22.8. The smallest absolute Gasteiger partial charge is 0.175 e. The van der Waals surface area contributed by atoms with Crippen LogP contribution in [-0.2, 0) is 4.74 Å². The fraction of sp³-hybridized carbons (Fsp3) is 0.323. The van der Waals surface area contributed by atoms with Gasteiger partial charge in [-0.05, 0) is 68.6 Å². The van der Waals surface area contributed by atoms with E-state index in [-0.39, 0.29) is 0 Å². The third-order valence-corrected chi connectivity index (χ3v) is 6.75. The summed E-state index contributed by atoms with van der Waals surface area (Å²) in [4.78, 5) is 19.6. The summed E-state index contributed by atoms with van der Waals surface area (Å²) in [5, 5.41) is 3.59. The summed E-state index contributed by atoms with van der Waals surface area (Å²) < 4.78 is 6.10. The highest BCUT2D eigenvalue weighted by Crippen LogP contribution is 2.28. The molecule has 0 amide bonds. The van der Waals surface area contributed by atoms with Crippen molar-refractivity contribution in [2.75, 3.05) is 26.8 Å². The van der Waals surface area contributed by atoms with Gasteiger partial charge in [0, 0.05) is 42.2 Å². The van der Waals surface area contributed by atoms with Gasteiger partial charge in [0.05, 0.1) is 12.3 Å². The molecule has 1 fully saturated rings. The maximum Gasteiger partial charge on any atom is 0.175 e. The van der Waals surface area contributed by atoms with Crippen LogP contribution < -0.4 is 22.5 Å². The van der Waals surface area contributed by atoms with Crippen molar-refractivity contribution < 1.29 is 9.53 Å². The zero-order chi connectivity index (χ0) is 28.0. The topological polar surface area (TPSA) is 142 Å². The van der Waals surface area contributed by atoms with Gasteiger partial charge in [0.1, 0.15) is 6.29 Å². The number of hydrogen-bond acceptors (Lipinski definition) is 8. The molecule has 0 saturated carbocycles. The molecule has 8 heteroatoms. The molecule has 8 nitrogen and oxygen atoms in total. The summed E-state index contributed by atoms with van der Waals surface area (Å²) >= 11 is 0. The van der Waals surface area contributed by atoms with E-state index in [9.17, 15) is 4.79 Å². The predicted molar refractivity (Wildman–Crippen MR) is 158 cm³/mol.